The third-order valence-corrected chi connectivity index (χ3v) is 2.92. The summed E-state index contributed by atoms with van der Waals surface area (Å²) in [5.74, 6) is 0. The van der Waals surface area contributed by atoms with Gasteiger partial charge in [0.15, 0.2) is 0 Å². The molecule has 0 bridgehead atoms. The van der Waals surface area contributed by atoms with Gasteiger partial charge in [0.1, 0.15) is 7.14 Å². The Morgan fingerprint density at radius 2 is 0.397 bits per heavy atom. The maximum absolute atomic E-state index is 11.4. The van der Waals surface area contributed by atoms with Gasteiger partial charge >= 0.3 is 111 Å². The van der Waals surface area contributed by atoms with Crippen molar-refractivity contribution in [1.82, 2.24) is 0 Å². The summed E-state index contributed by atoms with van der Waals surface area (Å²) in [6, 6.07) is 9.56. The van der Waals surface area contributed by atoms with Crippen molar-refractivity contribution < 1.29 is 210 Å². The molecule has 348 valence electrons. The summed E-state index contributed by atoms with van der Waals surface area (Å²) in [5.41, 5.74) is 0. The van der Waals surface area contributed by atoms with Crippen LogP contribution < -0.4 is 66.6 Å². The topological polar surface area (TPSA) is 465 Å². The Hall–Kier alpha value is 2.24. The molecule has 0 aromatic heterocycles. The molecule has 0 spiro atoms. The van der Waals surface area contributed by atoms with Crippen molar-refractivity contribution in [1.29, 1.82) is 0 Å². The van der Waals surface area contributed by atoms with Gasteiger partial charge in [-0.15, -0.1) is 79.3 Å². The van der Waals surface area contributed by atoms with Crippen LogP contribution in [0.1, 0.15) is 83.1 Å². The molecule has 6 radical (unpaired) electrons. The predicted molar refractivity (Wildman–Crippen MR) is 176 cm³/mol. The Morgan fingerprint density at radius 3 is 0.448 bits per heavy atom. The zero-order valence-corrected chi connectivity index (χ0v) is 46.0. The van der Waals surface area contributed by atoms with Gasteiger partial charge < -0.3 is 98.7 Å². The number of hydrogen-bond donors (Lipinski definition) is 0. The molecule has 0 fully saturated rings. The predicted octanol–water partition coefficient (Wildman–Crippen LogP) is -6.39. The molecule has 0 atom stereocenters. The minimum Gasteiger partial charge on any atom is -2.00 e. The molecule has 0 saturated heterocycles. The summed E-state index contributed by atoms with van der Waals surface area (Å²) >= 11 is 0. The molecule has 0 aliphatic carbocycles. The van der Waals surface area contributed by atoms with Gasteiger partial charge in [-0.3, -0.25) is 0 Å². The second kappa shape index (κ2) is 252. The molecule has 58 heavy (non-hydrogen) atoms. The Kier molecular flexibility index (Phi) is 699. The van der Waals surface area contributed by atoms with Crippen LogP contribution in [0.2, 0.25) is 0 Å². The minimum absolute atomic E-state index is 0. The first-order chi connectivity index (χ1) is 21.6. The molecule has 26 heteroatoms. The average Bonchev–Trinajstić information content (AvgIpc) is 2.94. The summed E-state index contributed by atoms with van der Waals surface area (Å²) < 4.78 is 11.4. The van der Waals surface area contributed by atoms with E-state index in [1.165, 1.54) is 0 Å². The molecule has 0 unspecified atom stereocenters. The van der Waals surface area contributed by atoms with Crippen molar-refractivity contribution in [3.63, 3.8) is 0 Å². The molecule has 1 aromatic rings. The van der Waals surface area contributed by atoms with Crippen molar-refractivity contribution in [3.8, 4) is 0 Å². The Morgan fingerprint density at radius 1 is 0.310 bits per heavy atom. The van der Waals surface area contributed by atoms with Crippen LogP contribution in [0.3, 0.4) is 0 Å². The van der Waals surface area contributed by atoms with Crippen LogP contribution >= 0.6 is 7.14 Å². The quantitative estimate of drug-likeness (QED) is 0.237. The Labute approximate surface area is 425 Å². The summed E-state index contributed by atoms with van der Waals surface area (Å²) in [7, 11) is -2.02. The molecular formula is C32H71O19PV6. The van der Waals surface area contributed by atoms with Crippen LogP contribution in [0.15, 0.2) is 30.3 Å². The Bertz CT molecular complexity index is 436. The molecule has 0 aliphatic rings. The second-order valence-corrected chi connectivity index (χ2v) is 9.37. The van der Waals surface area contributed by atoms with Gasteiger partial charge in [0, 0.05) is 5.30 Å². The van der Waals surface area contributed by atoms with Gasteiger partial charge in [-0.25, -0.2) is 0 Å². The molecule has 0 amide bonds. The fraction of sp³-hybridized carbons (Fsp3) is 0.812. The maximum Gasteiger partial charge on any atom is 4.00 e. The van der Waals surface area contributed by atoms with E-state index >= 15 is 0 Å². The van der Waals surface area contributed by atoms with Crippen LogP contribution in [0.5, 0.6) is 0 Å². The maximum atomic E-state index is 11.4. The first-order valence-electron chi connectivity index (χ1n) is 15.2. The average molecular weight is 1100 g/mol. The van der Waals surface area contributed by atoms with Crippen molar-refractivity contribution in [2.24, 2.45) is 0 Å². The van der Waals surface area contributed by atoms with Gasteiger partial charge in [0.25, 0.3) is 0 Å². The van der Waals surface area contributed by atoms with Crippen molar-refractivity contribution in [2.75, 3.05) is 92.6 Å². The minimum atomic E-state index is -2.02. The van der Waals surface area contributed by atoms with E-state index in [4.69, 9.17) is 61.3 Å². The fourth-order valence-electron chi connectivity index (χ4n) is 0.787. The number of benzene rings is 1. The van der Waals surface area contributed by atoms with E-state index in [9.17, 15) is 4.57 Å². The van der Waals surface area contributed by atoms with Crippen LogP contribution in [0.4, 0.5) is 0 Å². The first kappa shape index (κ1) is 161. The van der Waals surface area contributed by atoms with Gasteiger partial charge in [-0.05, 0) is 13.3 Å². The molecule has 0 saturated carbocycles. The SMILES string of the molecule is CC[O-].CC[O-].CC[O-].CC[O-].CC[O-].CC[O-].CC[O-].CC[O-].CC[O-].CC[O-].CC[O-].CC[O-].CP(C)(=O)c1ccccc1.[O-2].[O-2].[O-2].[O-2].[O-2].[O-2].[V+4].[V+4].[V+4].[V+4].[V+4].[V+4]. The second-order valence-electron chi connectivity index (χ2n) is 6.15. The van der Waals surface area contributed by atoms with Crippen molar-refractivity contribution in [2.45, 2.75) is 83.1 Å². The van der Waals surface area contributed by atoms with E-state index in [1.807, 2.05) is 30.3 Å². The zero-order chi connectivity index (χ0) is 40.1. The zero-order valence-electron chi connectivity index (χ0n) is 36.8. The van der Waals surface area contributed by atoms with Crippen molar-refractivity contribution in [3.05, 3.63) is 30.3 Å². The molecule has 0 N–H and O–H groups in total. The van der Waals surface area contributed by atoms with Gasteiger partial charge in [0.05, 0.1) is 0 Å². The van der Waals surface area contributed by atoms with E-state index in [2.05, 4.69) is 0 Å². The third-order valence-electron chi connectivity index (χ3n) is 1.38. The number of hydrogen-bond acceptors (Lipinski definition) is 13. The number of rotatable bonds is 1. The van der Waals surface area contributed by atoms with Gasteiger partial charge in [-0.2, -0.15) is 0 Å². The normalized spacial score (nSPS) is 5.69. The molecule has 19 nitrogen and oxygen atoms in total. The van der Waals surface area contributed by atoms with E-state index < -0.39 is 7.14 Å². The molecule has 1 rings (SSSR count). The van der Waals surface area contributed by atoms with Crippen molar-refractivity contribution >= 4 is 12.4 Å². The summed E-state index contributed by atoms with van der Waals surface area (Å²) in [5, 5.41) is 108. The van der Waals surface area contributed by atoms with Crippen LogP contribution in [-0.2, 0) is 149 Å². The van der Waals surface area contributed by atoms with E-state index in [0.717, 1.165) is 5.30 Å². The smallest absolute Gasteiger partial charge is 2.00 e. The van der Waals surface area contributed by atoms with Crippen LogP contribution in [0.25, 0.3) is 0 Å². The molecule has 1 aromatic carbocycles. The third kappa shape index (κ3) is 724. The van der Waals surface area contributed by atoms with Crippen LogP contribution in [0, 0.1) is 0 Å². The Balaban J connectivity index is -0.00000000996. The first-order valence-corrected chi connectivity index (χ1v) is 17.8. The fourth-order valence-corrected chi connectivity index (χ4v) is 1.68. The summed E-state index contributed by atoms with van der Waals surface area (Å²) in [6.45, 7) is 22.4. The van der Waals surface area contributed by atoms with Gasteiger partial charge in [-0.1, -0.05) is 113 Å². The molecule has 0 aliphatic heterocycles. The van der Waals surface area contributed by atoms with Crippen LogP contribution in [-0.4, -0.2) is 92.6 Å². The largest absolute Gasteiger partial charge is 4.00 e. The molecular weight excluding hydrogens is 1020 g/mol. The van der Waals surface area contributed by atoms with E-state index in [-0.39, 0.29) is 223 Å². The summed E-state index contributed by atoms with van der Waals surface area (Å²) in [6.07, 6.45) is 0. The van der Waals surface area contributed by atoms with E-state index in [1.54, 1.807) is 96.4 Å². The standard InChI is InChI=1S/C8H11OP.12C2H5O.6O.6V/c1-10(2,9)8-6-4-3-5-7-8;12*1-2-3;;;;;;;;;;;;/h3-7H,1-2H3;12*2H2,1H3;;;;;;;;;;;;/q;12*-1;6*-2;6*+4. The monoisotopic (exact) mass is 1100 g/mol. The molecule has 0 heterocycles. The van der Waals surface area contributed by atoms with E-state index in [0.29, 0.717) is 0 Å². The summed E-state index contributed by atoms with van der Waals surface area (Å²) in [4.78, 5) is 0. The van der Waals surface area contributed by atoms with Gasteiger partial charge in [0.2, 0.25) is 0 Å².